The van der Waals surface area contributed by atoms with Gasteiger partial charge in [-0.15, -0.1) is 0 Å². The van der Waals surface area contributed by atoms with Crippen molar-refractivity contribution in [1.29, 1.82) is 0 Å². The van der Waals surface area contributed by atoms with Gasteiger partial charge >= 0.3 is 0 Å². The first-order valence-corrected chi connectivity index (χ1v) is 21.3. The van der Waals surface area contributed by atoms with E-state index in [1.54, 1.807) is 52.1 Å². The number of amides is 2. The average Bonchev–Trinajstić information content (AvgIpc) is 3.20. The van der Waals surface area contributed by atoms with Crippen molar-refractivity contribution < 1.29 is 48.2 Å². The molecule has 0 radical (unpaired) electrons. The van der Waals surface area contributed by atoms with Crippen molar-refractivity contribution in [3.8, 4) is 0 Å². The highest BCUT2D eigenvalue weighted by Gasteiger charge is 2.52. The molecule has 0 saturated carbocycles. The summed E-state index contributed by atoms with van der Waals surface area (Å²) >= 11 is 12.7. The first kappa shape index (κ1) is 47.6. The van der Waals surface area contributed by atoms with Crippen molar-refractivity contribution in [2.45, 2.75) is 146 Å². The van der Waals surface area contributed by atoms with Crippen LogP contribution in [0.4, 0.5) is 0 Å². The van der Waals surface area contributed by atoms with Crippen LogP contribution in [-0.4, -0.2) is 122 Å². The topological polar surface area (TPSA) is 157 Å². The molecule has 3 heterocycles. The molecule has 0 aliphatic carbocycles. The molecule has 4 N–H and O–H groups in total. The number of aliphatic hydroxyl groups is 2. The number of carbonyl (C=O) groups is 2. The van der Waals surface area contributed by atoms with Crippen LogP contribution in [0, 0.1) is 17.8 Å². The summed E-state index contributed by atoms with van der Waals surface area (Å²) in [6, 6.07) is 12.5. The second-order valence-electron chi connectivity index (χ2n) is 17.5. The molecule has 2 amide bonds. The molecule has 0 bridgehead atoms. The number of aliphatic hydroxyl groups excluding tert-OH is 2. The summed E-state index contributed by atoms with van der Waals surface area (Å²) < 4.78 is 38.7. The monoisotopic (exact) mass is 865 g/mol. The van der Waals surface area contributed by atoms with Crippen LogP contribution in [0.1, 0.15) is 90.9 Å². The minimum Gasteiger partial charge on any atom is -0.387 e. The van der Waals surface area contributed by atoms with Gasteiger partial charge in [-0.2, -0.15) is 0 Å². The van der Waals surface area contributed by atoms with Gasteiger partial charge in [0.05, 0.1) is 53.6 Å². The summed E-state index contributed by atoms with van der Waals surface area (Å²) in [7, 11) is 6.90. The van der Waals surface area contributed by atoms with E-state index in [0.29, 0.717) is 27.6 Å². The Kier molecular flexibility index (Phi) is 16.0. The van der Waals surface area contributed by atoms with Crippen LogP contribution >= 0.6 is 23.2 Å². The average molecular weight is 867 g/mol. The van der Waals surface area contributed by atoms with Crippen molar-refractivity contribution in [1.82, 2.24) is 15.5 Å². The van der Waals surface area contributed by atoms with E-state index in [9.17, 15) is 19.8 Å². The van der Waals surface area contributed by atoms with Crippen LogP contribution in [0.25, 0.3) is 0 Å². The molecule has 2 aromatic carbocycles. The Labute approximate surface area is 359 Å². The van der Waals surface area contributed by atoms with E-state index < -0.39 is 84.1 Å². The van der Waals surface area contributed by atoms with Crippen LogP contribution < -0.4 is 10.6 Å². The Morgan fingerprint density at radius 1 is 0.763 bits per heavy atom. The Morgan fingerprint density at radius 3 is 1.80 bits per heavy atom. The zero-order chi connectivity index (χ0) is 43.6. The van der Waals surface area contributed by atoms with Crippen molar-refractivity contribution >= 4 is 35.0 Å². The van der Waals surface area contributed by atoms with Gasteiger partial charge in [0.25, 0.3) is 0 Å². The lowest BCUT2D eigenvalue weighted by Gasteiger charge is -2.49. The van der Waals surface area contributed by atoms with E-state index >= 15 is 0 Å². The molecule has 15 heteroatoms. The van der Waals surface area contributed by atoms with Gasteiger partial charge in [-0.3, -0.25) is 9.59 Å². The first-order valence-electron chi connectivity index (χ1n) is 20.6. The number of methoxy groups -OCH3 is 2. The lowest BCUT2D eigenvalue weighted by Crippen LogP contribution is -2.61. The third-order valence-corrected chi connectivity index (χ3v) is 13.4. The maximum absolute atomic E-state index is 15.0. The SMILES string of the molecule is CO[C@]1(C)C[C@@H](C)C(=O)NC(c2ccc(Cl)cc2)C(c2ccc(Cl)cc2)NC(=O)[C@H](C)[C@@H](O[C@H]2C[C@@](C)(OC)[C@@H](O)[C@H](C)O2)[C@H](C)[C@H]1O[C@@H]1O[C@H](C)C[C@H](N(C)C)[C@H]1O. The van der Waals surface area contributed by atoms with Gasteiger partial charge in [0.2, 0.25) is 11.8 Å². The minimum absolute atomic E-state index is 0.160. The molecule has 3 aliphatic rings. The fourth-order valence-corrected chi connectivity index (χ4v) is 9.32. The zero-order valence-corrected chi connectivity index (χ0v) is 37.7. The molecule has 16 atom stereocenters. The second kappa shape index (κ2) is 19.8. The summed E-state index contributed by atoms with van der Waals surface area (Å²) in [5, 5.41) is 30.4. The standard InChI is InChI=1S/C44H65Cl2N3O10/c1-23-21-44(7,55-11)39(59-42-36(50)32(49(8)9)20-24(2)56-42)25(3)37(58-33-22-43(6,54-10)38(51)27(5)57-33)26(4)41(53)48-35(29-14-18-31(46)19-15-29)34(47-40(23)52)28-12-16-30(45)17-13-28/h12-19,23-27,32-39,42,50-51H,20-22H2,1-11H3,(H,47,52)(H,48,53)/t23-,24-,25+,26-,27+,32+,33+,34?,35?,36-,37+,38+,39-,42+,43-,44-/m1/s1. The molecule has 2 unspecified atom stereocenters. The molecule has 2 aromatic rings. The number of halogens is 2. The van der Waals surface area contributed by atoms with Gasteiger partial charge in [0.1, 0.15) is 12.2 Å². The highest BCUT2D eigenvalue weighted by Crippen LogP contribution is 2.41. The predicted molar refractivity (Wildman–Crippen MR) is 225 cm³/mol. The van der Waals surface area contributed by atoms with Crippen molar-refractivity contribution in [2.24, 2.45) is 17.8 Å². The molecule has 0 spiro atoms. The van der Waals surface area contributed by atoms with Crippen molar-refractivity contribution in [3.63, 3.8) is 0 Å². The van der Waals surface area contributed by atoms with Crippen LogP contribution in [0.5, 0.6) is 0 Å². The highest BCUT2D eigenvalue weighted by molar-refractivity contribution is 6.30. The van der Waals surface area contributed by atoms with Crippen LogP contribution in [-0.2, 0) is 38.0 Å². The number of likely N-dealkylation sites (N-methyl/N-ethyl adjacent to an activating group) is 1. The van der Waals surface area contributed by atoms with E-state index in [2.05, 4.69) is 10.6 Å². The minimum atomic E-state index is -1.21. The molecule has 3 saturated heterocycles. The number of nitrogens with zero attached hydrogens (tertiary/aromatic N) is 1. The summed E-state index contributed by atoms with van der Waals surface area (Å²) in [6.07, 6.45) is -5.80. The fraction of sp³-hybridized carbons (Fsp3) is 0.682. The highest BCUT2D eigenvalue weighted by atomic mass is 35.5. The molecule has 13 nitrogen and oxygen atoms in total. The fourth-order valence-electron chi connectivity index (χ4n) is 9.07. The molecule has 0 aromatic heterocycles. The molecule has 59 heavy (non-hydrogen) atoms. The van der Waals surface area contributed by atoms with Crippen LogP contribution in [0.3, 0.4) is 0 Å². The van der Waals surface area contributed by atoms with Crippen molar-refractivity contribution in [3.05, 3.63) is 69.7 Å². The third-order valence-electron chi connectivity index (χ3n) is 12.9. The maximum atomic E-state index is 15.0. The van der Waals surface area contributed by atoms with Gasteiger partial charge in [-0.25, -0.2) is 0 Å². The summed E-state index contributed by atoms with van der Waals surface area (Å²) in [5.41, 5.74) is -0.803. The van der Waals surface area contributed by atoms with Crippen molar-refractivity contribution in [2.75, 3.05) is 28.3 Å². The predicted octanol–water partition coefficient (Wildman–Crippen LogP) is 5.82. The number of benzene rings is 2. The molecule has 330 valence electrons. The molecule has 3 fully saturated rings. The molecular weight excluding hydrogens is 801 g/mol. The van der Waals surface area contributed by atoms with E-state index in [0.717, 1.165) is 0 Å². The number of nitrogens with one attached hydrogen (secondary N) is 2. The first-order chi connectivity index (χ1) is 27.7. The Hall–Kier alpha value is -2.40. The number of hydrogen-bond donors (Lipinski definition) is 4. The Balaban J connectivity index is 1.67. The van der Waals surface area contributed by atoms with Gasteiger partial charge in [-0.05, 0) is 90.0 Å². The third kappa shape index (κ3) is 10.8. The lowest BCUT2D eigenvalue weighted by atomic mass is 9.77. The van der Waals surface area contributed by atoms with E-state index in [1.165, 1.54) is 7.11 Å². The molecule has 5 rings (SSSR count). The van der Waals surface area contributed by atoms with E-state index in [4.69, 9.17) is 51.6 Å². The van der Waals surface area contributed by atoms with Gasteiger partial charge < -0.3 is 54.2 Å². The zero-order valence-electron chi connectivity index (χ0n) is 36.2. The Morgan fingerprint density at radius 2 is 1.29 bits per heavy atom. The van der Waals surface area contributed by atoms with Gasteiger partial charge in [-0.1, -0.05) is 68.2 Å². The van der Waals surface area contributed by atoms with Crippen LogP contribution in [0.2, 0.25) is 10.0 Å². The normalized spacial score (nSPS) is 40.3. The number of carbonyl (C=O) groups excluding carboxylic acids is 2. The number of ether oxygens (including phenoxy) is 6. The maximum Gasteiger partial charge on any atom is 0.226 e. The second-order valence-corrected chi connectivity index (χ2v) is 18.4. The summed E-state index contributed by atoms with van der Waals surface area (Å²) in [6.45, 7) is 12.9. The largest absolute Gasteiger partial charge is 0.387 e. The molecular formula is C44H65Cl2N3O10. The summed E-state index contributed by atoms with van der Waals surface area (Å²) in [5.74, 6) is -2.86. The number of rotatable bonds is 9. The number of hydrogen-bond acceptors (Lipinski definition) is 11. The Bertz CT molecular complexity index is 1710. The van der Waals surface area contributed by atoms with Gasteiger partial charge in [0.15, 0.2) is 12.6 Å². The van der Waals surface area contributed by atoms with E-state index in [-0.39, 0.29) is 36.8 Å². The molecule has 3 aliphatic heterocycles. The summed E-state index contributed by atoms with van der Waals surface area (Å²) in [4.78, 5) is 31.4. The van der Waals surface area contributed by atoms with Crippen LogP contribution in [0.15, 0.2) is 48.5 Å². The lowest BCUT2D eigenvalue weighted by molar-refractivity contribution is -0.318. The van der Waals surface area contributed by atoms with Gasteiger partial charge in [0, 0.05) is 48.6 Å². The van der Waals surface area contributed by atoms with E-state index in [1.807, 2.05) is 71.0 Å². The quantitative estimate of drug-likeness (QED) is 0.241. The smallest absolute Gasteiger partial charge is 0.226 e.